The molecule has 3 aromatic rings. The van der Waals surface area contributed by atoms with Gasteiger partial charge in [0, 0.05) is 25.8 Å². The van der Waals surface area contributed by atoms with Gasteiger partial charge in [0.2, 0.25) is 5.91 Å². The van der Waals surface area contributed by atoms with Gasteiger partial charge in [0.1, 0.15) is 29.6 Å². The summed E-state index contributed by atoms with van der Waals surface area (Å²) in [6, 6.07) is 18.6. The van der Waals surface area contributed by atoms with Crippen LogP contribution in [0.1, 0.15) is 40.3 Å². The van der Waals surface area contributed by atoms with E-state index in [-0.39, 0.29) is 24.5 Å². The first-order valence-corrected chi connectivity index (χ1v) is 12.5. The van der Waals surface area contributed by atoms with Crippen LogP contribution in [0.2, 0.25) is 0 Å². The van der Waals surface area contributed by atoms with E-state index in [1.165, 1.54) is 7.11 Å². The van der Waals surface area contributed by atoms with Crippen LogP contribution in [0, 0.1) is 6.92 Å². The van der Waals surface area contributed by atoms with Gasteiger partial charge in [0.25, 0.3) is 5.91 Å². The lowest BCUT2D eigenvalue weighted by molar-refractivity contribution is -0.133. The highest BCUT2D eigenvalue weighted by Gasteiger charge is 2.29. The second kappa shape index (κ2) is 12.5. The van der Waals surface area contributed by atoms with Crippen LogP contribution in [0.25, 0.3) is 0 Å². The van der Waals surface area contributed by atoms with Crippen molar-refractivity contribution < 1.29 is 28.2 Å². The van der Waals surface area contributed by atoms with Gasteiger partial charge in [-0.15, -0.1) is 0 Å². The van der Waals surface area contributed by atoms with Gasteiger partial charge in [0.15, 0.2) is 0 Å². The van der Waals surface area contributed by atoms with E-state index in [4.69, 9.17) is 18.6 Å². The fourth-order valence-corrected chi connectivity index (χ4v) is 4.46. The molecular weight excluding hydrogens is 472 g/mol. The Bertz CT molecular complexity index is 1190. The summed E-state index contributed by atoms with van der Waals surface area (Å²) in [7, 11) is 3.06. The first kappa shape index (κ1) is 26.3. The molecular formula is C29H34N2O6. The van der Waals surface area contributed by atoms with Crippen molar-refractivity contribution in [3.8, 4) is 11.5 Å². The van der Waals surface area contributed by atoms with Crippen molar-refractivity contribution in [1.29, 1.82) is 0 Å². The summed E-state index contributed by atoms with van der Waals surface area (Å²) in [5, 5.41) is 0. The molecule has 37 heavy (non-hydrogen) atoms. The van der Waals surface area contributed by atoms with Crippen molar-refractivity contribution >= 4 is 11.8 Å². The van der Waals surface area contributed by atoms with E-state index < -0.39 is 0 Å². The van der Waals surface area contributed by atoms with Crippen molar-refractivity contribution in [3.05, 3.63) is 83.3 Å². The van der Waals surface area contributed by atoms with Crippen LogP contribution < -0.4 is 9.47 Å². The molecule has 1 aromatic heterocycles. The van der Waals surface area contributed by atoms with Crippen LogP contribution >= 0.6 is 0 Å². The Morgan fingerprint density at radius 2 is 1.78 bits per heavy atom. The normalized spacial score (nSPS) is 14.8. The highest BCUT2D eigenvalue weighted by Crippen LogP contribution is 2.27. The van der Waals surface area contributed by atoms with E-state index in [1.54, 1.807) is 35.1 Å². The smallest absolute Gasteiger partial charge is 0.258 e. The van der Waals surface area contributed by atoms with E-state index in [1.807, 2.05) is 49.4 Å². The Labute approximate surface area is 217 Å². The largest absolute Gasteiger partial charge is 0.497 e. The molecule has 1 atom stereocenters. The molecule has 0 radical (unpaired) electrons. The van der Waals surface area contributed by atoms with Gasteiger partial charge in [-0.3, -0.25) is 9.59 Å². The second-order valence-corrected chi connectivity index (χ2v) is 9.13. The van der Waals surface area contributed by atoms with Crippen molar-refractivity contribution in [2.45, 2.75) is 39.0 Å². The zero-order valence-electron chi connectivity index (χ0n) is 21.6. The van der Waals surface area contributed by atoms with Crippen LogP contribution in [0.5, 0.6) is 11.5 Å². The molecule has 0 N–H and O–H groups in total. The van der Waals surface area contributed by atoms with Crippen molar-refractivity contribution in [2.24, 2.45) is 0 Å². The predicted molar refractivity (Wildman–Crippen MR) is 139 cm³/mol. The van der Waals surface area contributed by atoms with Crippen LogP contribution in [0.4, 0.5) is 0 Å². The average molecular weight is 507 g/mol. The third-order valence-electron chi connectivity index (χ3n) is 6.41. The lowest BCUT2D eigenvalue weighted by Gasteiger charge is -2.29. The number of nitrogens with zero attached hydrogens (tertiary/aromatic N) is 2. The van der Waals surface area contributed by atoms with E-state index >= 15 is 0 Å². The Kier molecular flexibility index (Phi) is 8.85. The molecule has 1 fully saturated rings. The maximum atomic E-state index is 13.8. The molecule has 2 heterocycles. The fraction of sp³-hybridized carbons (Fsp3) is 0.379. The fourth-order valence-electron chi connectivity index (χ4n) is 4.46. The quantitative estimate of drug-likeness (QED) is 0.382. The molecule has 2 amide bonds. The molecule has 8 heteroatoms. The molecule has 4 rings (SSSR count). The first-order chi connectivity index (χ1) is 18.0. The average Bonchev–Trinajstić information content (AvgIpc) is 3.59. The number of ether oxygens (including phenoxy) is 3. The standard InChI is InChI=1S/C29H34N2O6/c1-21-11-12-25(37-21)19-30(17-22-8-5-4-6-9-22)28(32)20-31(18-24-10-7-15-36-24)29(33)26-14-13-23(34-2)16-27(26)35-3/h4-6,8-9,11-14,16,24H,7,10,15,17-20H2,1-3H3. The Hall–Kier alpha value is -3.78. The summed E-state index contributed by atoms with van der Waals surface area (Å²) >= 11 is 0. The van der Waals surface area contributed by atoms with Crippen LogP contribution in [-0.4, -0.2) is 61.6 Å². The van der Waals surface area contributed by atoms with E-state index in [2.05, 4.69) is 0 Å². The van der Waals surface area contributed by atoms with E-state index in [0.717, 1.165) is 24.2 Å². The third-order valence-corrected chi connectivity index (χ3v) is 6.41. The van der Waals surface area contributed by atoms with Gasteiger partial charge in [-0.2, -0.15) is 0 Å². The lowest BCUT2D eigenvalue weighted by atomic mass is 10.1. The summed E-state index contributed by atoms with van der Waals surface area (Å²) in [5.41, 5.74) is 1.36. The minimum absolute atomic E-state index is 0.0968. The van der Waals surface area contributed by atoms with Crippen LogP contribution in [0.3, 0.4) is 0 Å². The summed E-state index contributed by atoms with van der Waals surface area (Å²) < 4.78 is 22.3. The monoisotopic (exact) mass is 506 g/mol. The van der Waals surface area contributed by atoms with Gasteiger partial charge in [-0.05, 0) is 49.6 Å². The first-order valence-electron chi connectivity index (χ1n) is 12.5. The molecule has 1 saturated heterocycles. The maximum Gasteiger partial charge on any atom is 0.258 e. The number of benzene rings is 2. The Balaban J connectivity index is 1.59. The molecule has 1 unspecified atom stereocenters. The number of amides is 2. The molecule has 0 saturated carbocycles. The highest BCUT2D eigenvalue weighted by atomic mass is 16.5. The van der Waals surface area contributed by atoms with Gasteiger partial charge in [-0.1, -0.05) is 30.3 Å². The van der Waals surface area contributed by atoms with Gasteiger partial charge in [0.05, 0.1) is 32.4 Å². The molecule has 2 aromatic carbocycles. The maximum absolute atomic E-state index is 13.8. The highest BCUT2D eigenvalue weighted by molar-refractivity contribution is 5.99. The Morgan fingerprint density at radius 3 is 2.43 bits per heavy atom. The SMILES string of the molecule is COc1ccc(C(=O)N(CC(=O)N(Cc2ccccc2)Cc2ccc(C)o2)CC2CCCO2)c(OC)c1. The molecule has 8 nitrogen and oxygen atoms in total. The Morgan fingerprint density at radius 1 is 0.973 bits per heavy atom. The van der Waals surface area contributed by atoms with Gasteiger partial charge >= 0.3 is 0 Å². The topological polar surface area (TPSA) is 81.5 Å². The number of rotatable bonds is 11. The van der Waals surface area contributed by atoms with E-state index in [0.29, 0.717) is 49.1 Å². The van der Waals surface area contributed by atoms with E-state index in [9.17, 15) is 9.59 Å². The van der Waals surface area contributed by atoms with Crippen LogP contribution in [0.15, 0.2) is 65.1 Å². The van der Waals surface area contributed by atoms with Crippen molar-refractivity contribution in [3.63, 3.8) is 0 Å². The number of aryl methyl sites for hydroxylation is 1. The number of carbonyl (C=O) groups is 2. The molecule has 0 spiro atoms. The van der Waals surface area contributed by atoms with Crippen molar-refractivity contribution in [1.82, 2.24) is 9.80 Å². The summed E-state index contributed by atoms with van der Waals surface area (Å²) in [4.78, 5) is 30.8. The number of hydrogen-bond acceptors (Lipinski definition) is 6. The minimum Gasteiger partial charge on any atom is -0.497 e. The second-order valence-electron chi connectivity index (χ2n) is 9.13. The zero-order chi connectivity index (χ0) is 26.2. The number of methoxy groups -OCH3 is 2. The minimum atomic E-state index is -0.295. The molecule has 196 valence electrons. The molecule has 1 aliphatic rings. The van der Waals surface area contributed by atoms with Gasteiger partial charge < -0.3 is 28.4 Å². The molecule has 0 aliphatic carbocycles. The molecule has 1 aliphatic heterocycles. The zero-order valence-corrected chi connectivity index (χ0v) is 21.6. The predicted octanol–water partition coefficient (Wildman–Crippen LogP) is 4.46. The summed E-state index contributed by atoms with van der Waals surface area (Å²) in [6.45, 7) is 3.45. The van der Waals surface area contributed by atoms with Crippen molar-refractivity contribution in [2.75, 3.05) is 33.9 Å². The summed E-state index contributed by atoms with van der Waals surface area (Å²) in [5.74, 6) is 1.97. The molecule has 0 bridgehead atoms. The lowest BCUT2D eigenvalue weighted by Crippen LogP contribution is -2.45. The third kappa shape index (κ3) is 6.92. The summed E-state index contributed by atoms with van der Waals surface area (Å²) in [6.07, 6.45) is 1.66. The number of furan rings is 1. The van der Waals surface area contributed by atoms with Crippen LogP contribution in [-0.2, 0) is 22.6 Å². The van der Waals surface area contributed by atoms with Gasteiger partial charge in [-0.25, -0.2) is 0 Å². The number of carbonyl (C=O) groups excluding carboxylic acids is 2. The number of hydrogen-bond donors (Lipinski definition) is 0.